The molecular weight excluding hydrogens is 303 g/mol. The number of hydrogen-bond donors (Lipinski definition) is 0. The van der Waals surface area contributed by atoms with Crippen LogP contribution in [-0.2, 0) is 11.8 Å². The van der Waals surface area contributed by atoms with Gasteiger partial charge in [0, 0.05) is 22.0 Å². The van der Waals surface area contributed by atoms with Gasteiger partial charge < -0.3 is 0 Å². The Hall–Kier alpha value is -1.31. The lowest BCUT2D eigenvalue weighted by Crippen LogP contribution is -2.11. The molecule has 0 bridgehead atoms. The van der Waals surface area contributed by atoms with Crippen molar-refractivity contribution in [3.8, 4) is 0 Å². The highest BCUT2D eigenvalue weighted by Gasteiger charge is 2.15. The summed E-state index contributed by atoms with van der Waals surface area (Å²) >= 11 is 12.0. The fraction of sp³-hybridized carbons (Fsp3) is 0.278. The molecule has 0 radical (unpaired) electrons. The number of hydrogen-bond acceptors (Lipinski definition) is 1. The third-order valence-electron chi connectivity index (χ3n) is 3.44. The molecule has 110 valence electrons. The second-order valence-electron chi connectivity index (χ2n) is 6.16. The van der Waals surface area contributed by atoms with Crippen LogP contribution < -0.4 is 0 Å². The summed E-state index contributed by atoms with van der Waals surface area (Å²) in [6, 6.07) is 13.0. The van der Waals surface area contributed by atoms with Crippen molar-refractivity contribution in [3.05, 3.63) is 69.2 Å². The highest BCUT2D eigenvalue weighted by molar-refractivity contribution is 6.35. The van der Waals surface area contributed by atoms with Crippen molar-refractivity contribution in [2.75, 3.05) is 0 Å². The van der Waals surface area contributed by atoms with Gasteiger partial charge in [0.2, 0.25) is 0 Å². The Morgan fingerprint density at radius 3 is 2.14 bits per heavy atom. The number of benzene rings is 2. The van der Waals surface area contributed by atoms with E-state index in [0.29, 0.717) is 15.6 Å². The first-order chi connectivity index (χ1) is 9.77. The first-order valence-electron chi connectivity index (χ1n) is 6.85. The molecule has 0 unspecified atom stereocenters. The van der Waals surface area contributed by atoms with Gasteiger partial charge in [-0.1, -0.05) is 74.3 Å². The summed E-state index contributed by atoms with van der Waals surface area (Å²) in [5, 5.41) is 1.10. The Labute approximate surface area is 135 Å². The third-order valence-corrected chi connectivity index (χ3v) is 4.03. The molecule has 0 fully saturated rings. The first kappa shape index (κ1) is 16.1. The molecule has 0 N–H and O–H groups in total. The Balaban J connectivity index is 2.17. The number of carbonyl (C=O) groups is 1. The second-order valence-corrected chi connectivity index (χ2v) is 7.01. The molecule has 0 aliphatic carbocycles. The van der Waals surface area contributed by atoms with Gasteiger partial charge in [-0.05, 0) is 28.7 Å². The molecule has 0 aliphatic rings. The third kappa shape index (κ3) is 4.09. The fourth-order valence-electron chi connectivity index (χ4n) is 2.10. The molecule has 0 atom stereocenters. The Kier molecular flexibility index (Phi) is 4.75. The molecule has 0 heterocycles. The summed E-state index contributed by atoms with van der Waals surface area (Å²) in [5.74, 6) is 0.0553. The lowest BCUT2D eigenvalue weighted by molar-refractivity contribution is 0.0993. The minimum atomic E-state index is 0.0553. The molecular formula is C18H18Cl2O. The Morgan fingerprint density at radius 2 is 1.62 bits per heavy atom. The van der Waals surface area contributed by atoms with Crippen LogP contribution in [0.1, 0.15) is 42.3 Å². The average molecular weight is 321 g/mol. The zero-order valence-electron chi connectivity index (χ0n) is 12.4. The van der Waals surface area contributed by atoms with Crippen molar-refractivity contribution < 1.29 is 4.79 Å². The fourth-order valence-corrected chi connectivity index (χ4v) is 2.57. The van der Waals surface area contributed by atoms with E-state index < -0.39 is 0 Å². The number of rotatable bonds is 3. The number of Topliss-reactive ketones (excluding diaryl/α,β-unsaturated/α-hetero) is 1. The number of ketones is 1. The zero-order valence-corrected chi connectivity index (χ0v) is 13.9. The van der Waals surface area contributed by atoms with Gasteiger partial charge in [0.15, 0.2) is 5.78 Å². The number of carbonyl (C=O) groups excluding carboxylic acids is 1. The van der Waals surface area contributed by atoms with Gasteiger partial charge in [-0.2, -0.15) is 0 Å². The molecule has 3 heteroatoms. The lowest BCUT2D eigenvalue weighted by atomic mass is 9.86. The molecule has 2 aromatic rings. The van der Waals surface area contributed by atoms with Crippen LogP contribution in [0.3, 0.4) is 0 Å². The number of halogens is 2. The molecule has 1 nitrogen and oxygen atoms in total. The molecule has 0 spiro atoms. The molecule has 0 aromatic heterocycles. The van der Waals surface area contributed by atoms with Crippen molar-refractivity contribution >= 4 is 29.0 Å². The van der Waals surface area contributed by atoms with Gasteiger partial charge in [0.25, 0.3) is 0 Å². The van der Waals surface area contributed by atoms with E-state index in [1.165, 1.54) is 5.56 Å². The van der Waals surface area contributed by atoms with E-state index in [1.54, 1.807) is 18.2 Å². The van der Waals surface area contributed by atoms with Crippen molar-refractivity contribution in [1.82, 2.24) is 0 Å². The van der Waals surface area contributed by atoms with Crippen LogP contribution in [0, 0.1) is 0 Å². The summed E-state index contributed by atoms with van der Waals surface area (Å²) in [7, 11) is 0. The van der Waals surface area contributed by atoms with Crippen LogP contribution in [0.4, 0.5) is 0 Å². The van der Waals surface area contributed by atoms with Crippen molar-refractivity contribution in [1.29, 1.82) is 0 Å². The summed E-state index contributed by atoms with van der Waals surface area (Å²) in [4.78, 5) is 12.3. The molecule has 2 aromatic carbocycles. The standard InChI is InChI=1S/C18H18Cl2O/c1-18(2,3)14-7-4-12(5-8-14)17(21)10-13-6-9-15(19)11-16(13)20/h4-9,11H,10H2,1-3H3. The van der Waals surface area contributed by atoms with Crippen molar-refractivity contribution in [2.24, 2.45) is 0 Å². The maximum Gasteiger partial charge on any atom is 0.167 e. The molecule has 21 heavy (non-hydrogen) atoms. The van der Waals surface area contributed by atoms with Gasteiger partial charge in [0.1, 0.15) is 0 Å². The highest BCUT2D eigenvalue weighted by Crippen LogP contribution is 2.24. The SMILES string of the molecule is CC(C)(C)c1ccc(C(=O)Cc2ccc(Cl)cc2Cl)cc1. The van der Waals surface area contributed by atoms with E-state index >= 15 is 0 Å². The van der Waals surface area contributed by atoms with Gasteiger partial charge in [-0.3, -0.25) is 4.79 Å². The zero-order chi connectivity index (χ0) is 15.6. The minimum absolute atomic E-state index is 0.0553. The van der Waals surface area contributed by atoms with Crippen LogP contribution in [0.5, 0.6) is 0 Å². The van der Waals surface area contributed by atoms with Crippen LogP contribution in [0.25, 0.3) is 0 Å². The van der Waals surface area contributed by atoms with Gasteiger partial charge >= 0.3 is 0 Å². The van der Waals surface area contributed by atoms with E-state index in [9.17, 15) is 4.79 Å². The normalized spacial score (nSPS) is 11.5. The van der Waals surface area contributed by atoms with E-state index in [1.807, 2.05) is 24.3 Å². The monoisotopic (exact) mass is 320 g/mol. The van der Waals surface area contributed by atoms with E-state index in [4.69, 9.17) is 23.2 Å². The van der Waals surface area contributed by atoms with E-state index in [0.717, 1.165) is 5.56 Å². The van der Waals surface area contributed by atoms with Gasteiger partial charge in [-0.15, -0.1) is 0 Å². The Morgan fingerprint density at radius 1 is 1.00 bits per heavy atom. The van der Waals surface area contributed by atoms with Crippen LogP contribution >= 0.6 is 23.2 Å². The van der Waals surface area contributed by atoms with Crippen LogP contribution in [0.15, 0.2) is 42.5 Å². The molecule has 0 saturated carbocycles. The lowest BCUT2D eigenvalue weighted by Gasteiger charge is -2.19. The van der Waals surface area contributed by atoms with Crippen molar-refractivity contribution in [3.63, 3.8) is 0 Å². The molecule has 2 rings (SSSR count). The second kappa shape index (κ2) is 6.21. The molecule has 0 saturated heterocycles. The first-order valence-corrected chi connectivity index (χ1v) is 7.60. The Bertz CT molecular complexity index is 652. The predicted octanol–water partition coefficient (Wildman–Crippen LogP) is 5.72. The highest BCUT2D eigenvalue weighted by atomic mass is 35.5. The quantitative estimate of drug-likeness (QED) is 0.661. The largest absolute Gasteiger partial charge is 0.294 e. The summed E-state index contributed by atoms with van der Waals surface area (Å²) in [5.41, 5.74) is 2.80. The van der Waals surface area contributed by atoms with Gasteiger partial charge in [0.05, 0.1) is 0 Å². The van der Waals surface area contributed by atoms with E-state index in [-0.39, 0.29) is 17.6 Å². The van der Waals surface area contributed by atoms with Crippen LogP contribution in [0.2, 0.25) is 10.0 Å². The summed E-state index contributed by atoms with van der Waals surface area (Å²) in [6.07, 6.45) is 0.283. The summed E-state index contributed by atoms with van der Waals surface area (Å²) < 4.78 is 0. The topological polar surface area (TPSA) is 17.1 Å². The predicted molar refractivity (Wildman–Crippen MR) is 89.6 cm³/mol. The van der Waals surface area contributed by atoms with Crippen molar-refractivity contribution in [2.45, 2.75) is 32.6 Å². The smallest absolute Gasteiger partial charge is 0.167 e. The average Bonchev–Trinajstić information content (AvgIpc) is 2.41. The minimum Gasteiger partial charge on any atom is -0.294 e. The van der Waals surface area contributed by atoms with Crippen LogP contribution in [-0.4, -0.2) is 5.78 Å². The molecule has 0 amide bonds. The maximum absolute atomic E-state index is 12.3. The maximum atomic E-state index is 12.3. The van der Waals surface area contributed by atoms with E-state index in [2.05, 4.69) is 20.8 Å². The summed E-state index contributed by atoms with van der Waals surface area (Å²) in [6.45, 7) is 6.45. The molecule has 0 aliphatic heterocycles. The van der Waals surface area contributed by atoms with Gasteiger partial charge in [-0.25, -0.2) is 0 Å².